The molecule has 0 atom stereocenters. The van der Waals surface area contributed by atoms with Gasteiger partial charge in [0.2, 0.25) is 0 Å². The van der Waals surface area contributed by atoms with Crippen LogP contribution >= 0.6 is 0 Å². The molecule has 3 aromatic carbocycles. The first-order valence-corrected chi connectivity index (χ1v) is 10.4. The van der Waals surface area contributed by atoms with Crippen LogP contribution in [0.3, 0.4) is 0 Å². The highest BCUT2D eigenvalue weighted by Crippen LogP contribution is 2.44. The molecule has 0 aliphatic heterocycles. The molecule has 0 radical (unpaired) electrons. The number of nitrogen functional groups attached to an aromatic ring is 1. The predicted molar refractivity (Wildman–Crippen MR) is 121 cm³/mol. The van der Waals surface area contributed by atoms with E-state index in [-0.39, 0.29) is 30.3 Å². The molecule has 0 bridgehead atoms. The Morgan fingerprint density at radius 1 is 1.00 bits per heavy atom. The van der Waals surface area contributed by atoms with Crippen molar-refractivity contribution in [2.75, 3.05) is 12.3 Å². The number of hydrogen-bond acceptors (Lipinski definition) is 3. The molecule has 1 aliphatic carbocycles. The van der Waals surface area contributed by atoms with Crippen molar-refractivity contribution in [3.63, 3.8) is 0 Å². The van der Waals surface area contributed by atoms with E-state index < -0.39 is 18.5 Å². The van der Waals surface area contributed by atoms with Crippen molar-refractivity contribution >= 4 is 24.2 Å². The van der Waals surface area contributed by atoms with E-state index in [0.717, 1.165) is 28.3 Å². The third-order valence-corrected chi connectivity index (χ3v) is 6.17. The molecule has 166 valence electrons. The normalized spacial score (nSPS) is 12.9. The van der Waals surface area contributed by atoms with Crippen molar-refractivity contribution in [1.82, 2.24) is 5.32 Å². The summed E-state index contributed by atoms with van der Waals surface area (Å²) in [5, 5.41) is 2.56. The molecular formula is C24H23BF3N2O2-. The zero-order valence-electron chi connectivity index (χ0n) is 17.8. The highest BCUT2D eigenvalue weighted by atomic mass is 19.4. The van der Waals surface area contributed by atoms with Crippen LogP contribution in [0.5, 0.6) is 0 Å². The molecule has 4 rings (SSSR count). The Morgan fingerprint density at radius 2 is 1.56 bits per heavy atom. The van der Waals surface area contributed by atoms with E-state index in [0.29, 0.717) is 11.1 Å². The fourth-order valence-electron chi connectivity index (χ4n) is 4.35. The lowest BCUT2D eigenvalue weighted by atomic mass is 9.75. The van der Waals surface area contributed by atoms with Gasteiger partial charge in [0.15, 0.2) is 0 Å². The molecule has 0 unspecified atom stereocenters. The maximum Gasteiger partial charge on any atom is 0.509 e. The van der Waals surface area contributed by atoms with Crippen LogP contribution in [0.1, 0.15) is 33.7 Å². The number of fused-ring (bicyclic) bond motifs is 3. The number of hydrogen-bond donors (Lipinski definition) is 2. The van der Waals surface area contributed by atoms with E-state index >= 15 is 0 Å². The van der Waals surface area contributed by atoms with Gasteiger partial charge in [0.25, 0.3) is 0 Å². The minimum atomic E-state index is -5.21. The molecule has 1 amide bonds. The summed E-state index contributed by atoms with van der Waals surface area (Å²) >= 11 is 0. The fourth-order valence-corrected chi connectivity index (χ4v) is 4.35. The summed E-state index contributed by atoms with van der Waals surface area (Å²) in [6, 6.07) is 17.0. The summed E-state index contributed by atoms with van der Waals surface area (Å²) in [6.07, 6.45) is -0.690. The minimum absolute atomic E-state index is 0.0138. The van der Waals surface area contributed by atoms with Gasteiger partial charge in [-0.05, 0) is 47.2 Å². The molecule has 0 heterocycles. The zero-order chi connectivity index (χ0) is 23.0. The first-order chi connectivity index (χ1) is 15.2. The van der Waals surface area contributed by atoms with E-state index in [4.69, 9.17) is 10.5 Å². The molecule has 32 heavy (non-hydrogen) atoms. The van der Waals surface area contributed by atoms with Crippen LogP contribution in [0.2, 0.25) is 0 Å². The Bertz CT molecular complexity index is 1150. The number of halogens is 3. The number of nitrogens with two attached hydrogens (primary N) is 1. The summed E-state index contributed by atoms with van der Waals surface area (Å²) in [5.41, 5.74) is 10.5. The van der Waals surface area contributed by atoms with Crippen LogP contribution in [0, 0.1) is 13.8 Å². The number of rotatable bonds is 5. The molecule has 0 saturated carbocycles. The number of carbonyl (C=O) groups is 1. The van der Waals surface area contributed by atoms with Gasteiger partial charge >= 0.3 is 13.1 Å². The maximum absolute atomic E-state index is 13.4. The second-order valence-corrected chi connectivity index (χ2v) is 8.04. The van der Waals surface area contributed by atoms with Crippen molar-refractivity contribution in [2.24, 2.45) is 0 Å². The second-order valence-electron chi connectivity index (χ2n) is 8.04. The van der Waals surface area contributed by atoms with Gasteiger partial charge in [-0.3, -0.25) is 0 Å². The molecule has 8 heteroatoms. The summed E-state index contributed by atoms with van der Waals surface area (Å²) in [7, 11) is 0. The van der Waals surface area contributed by atoms with Gasteiger partial charge < -0.3 is 28.7 Å². The van der Waals surface area contributed by atoms with Gasteiger partial charge in [-0.25, -0.2) is 4.79 Å². The molecule has 1 aliphatic rings. The van der Waals surface area contributed by atoms with Gasteiger partial charge in [-0.2, -0.15) is 0 Å². The smallest absolute Gasteiger partial charge is 0.449 e. The summed E-state index contributed by atoms with van der Waals surface area (Å²) in [4.78, 5) is 12.4. The summed E-state index contributed by atoms with van der Waals surface area (Å²) in [5.74, 6) is -0.0931. The summed E-state index contributed by atoms with van der Waals surface area (Å²) < 4.78 is 45.6. The molecule has 0 fully saturated rings. The van der Waals surface area contributed by atoms with Gasteiger partial charge in [0.05, 0.1) is 0 Å². The van der Waals surface area contributed by atoms with Crippen molar-refractivity contribution in [1.29, 1.82) is 0 Å². The van der Waals surface area contributed by atoms with Crippen molar-refractivity contribution in [3.05, 3.63) is 82.4 Å². The lowest BCUT2D eigenvalue weighted by molar-refractivity contribution is 0.142. The van der Waals surface area contributed by atoms with Crippen molar-refractivity contribution in [2.45, 2.75) is 26.3 Å². The lowest BCUT2D eigenvalue weighted by Gasteiger charge is -2.23. The maximum atomic E-state index is 13.4. The number of anilines is 1. The van der Waals surface area contributed by atoms with Gasteiger partial charge in [0.1, 0.15) is 6.61 Å². The SMILES string of the molecule is Cc1c(CNC(=O)OCC2c3ccccc3-c3ccccc32)cc([B-](F)(F)F)c(C)c1N. The Balaban J connectivity index is 1.46. The average molecular weight is 439 g/mol. The molecule has 3 aromatic rings. The number of nitrogens with one attached hydrogen (secondary N) is 1. The Hall–Kier alpha value is -3.42. The van der Waals surface area contributed by atoms with E-state index in [1.165, 1.54) is 6.92 Å². The first kappa shape index (κ1) is 21.8. The van der Waals surface area contributed by atoms with E-state index in [9.17, 15) is 17.7 Å². The number of amides is 1. The van der Waals surface area contributed by atoms with Crippen LogP contribution in [0.4, 0.5) is 23.4 Å². The number of benzene rings is 3. The highest BCUT2D eigenvalue weighted by molar-refractivity contribution is 6.74. The first-order valence-electron chi connectivity index (χ1n) is 10.4. The molecule has 4 nitrogen and oxygen atoms in total. The molecule has 3 N–H and O–H groups in total. The summed E-state index contributed by atoms with van der Waals surface area (Å²) in [6.45, 7) is -2.18. The van der Waals surface area contributed by atoms with Gasteiger partial charge in [-0.1, -0.05) is 60.2 Å². The van der Waals surface area contributed by atoms with Crippen LogP contribution in [-0.4, -0.2) is 19.7 Å². The lowest BCUT2D eigenvalue weighted by Crippen LogP contribution is -2.38. The standard InChI is InChI=1S/C24H23BF3N2O2/c1-14-16(11-22(25(26,27)28)15(2)23(14)29)12-30-24(31)32-13-21-19-9-5-3-7-17(19)18-8-4-6-10-20(18)21/h3-11,21H,12-13,29H2,1-2H3,(H,30,31)/q-1. The quantitative estimate of drug-likeness (QED) is 0.436. The van der Waals surface area contributed by atoms with E-state index in [1.54, 1.807) is 6.92 Å². The van der Waals surface area contributed by atoms with Crippen LogP contribution in [0.25, 0.3) is 11.1 Å². The Kier molecular flexibility index (Phi) is 5.63. The largest absolute Gasteiger partial charge is 0.509 e. The van der Waals surface area contributed by atoms with E-state index in [1.807, 2.05) is 48.5 Å². The second kappa shape index (κ2) is 8.26. The average Bonchev–Trinajstić information content (AvgIpc) is 3.08. The number of alkyl carbamates (subject to hydrolysis) is 1. The third-order valence-electron chi connectivity index (χ3n) is 6.17. The molecular weight excluding hydrogens is 416 g/mol. The molecule has 0 aromatic heterocycles. The molecule has 0 saturated heterocycles. The monoisotopic (exact) mass is 439 g/mol. The van der Waals surface area contributed by atoms with Gasteiger partial charge in [0, 0.05) is 18.2 Å². The predicted octanol–water partition coefficient (Wildman–Crippen LogP) is 4.98. The third kappa shape index (κ3) is 3.93. The Labute approximate surface area is 184 Å². The highest BCUT2D eigenvalue weighted by Gasteiger charge is 2.30. The minimum Gasteiger partial charge on any atom is -0.449 e. The van der Waals surface area contributed by atoms with E-state index in [2.05, 4.69) is 5.32 Å². The van der Waals surface area contributed by atoms with Crippen LogP contribution in [-0.2, 0) is 11.3 Å². The fraction of sp³-hybridized carbons (Fsp3) is 0.208. The van der Waals surface area contributed by atoms with Crippen LogP contribution < -0.4 is 16.5 Å². The van der Waals surface area contributed by atoms with Crippen molar-refractivity contribution < 1.29 is 22.5 Å². The van der Waals surface area contributed by atoms with Crippen molar-refractivity contribution in [3.8, 4) is 11.1 Å². The van der Waals surface area contributed by atoms with Gasteiger partial charge in [-0.15, -0.1) is 5.46 Å². The van der Waals surface area contributed by atoms with Crippen LogP contribution in [0.15, 0.2) is 54.6 Å². The molecule has 0 spiro atoms. The number of carbonyl (C=O) groups excluding carboxylic acids is 1. The zero-order valence-corrected chi connectivity index (χ0v) is 17.8. The Morgan fingerprint density at radius 3 is 2.12 bits per heavy atom. The topological polar surface area (TPSA) is 64.3 Å². The number of ether oxygens (including phenoxy) is 1.